The number of anilines is 6. The summed E-state index contributed by atoms with van der Waals surface area (Å²) < 4.78 is 5.57. The van der Waals surface area contributed by atoms with Crippen LogP contribution >= 0.6 is 0 Å². The third-order valence-corrected chi connectivity index (χ3v) is 20.1. The van der Waals surface area contributed by atoms with Crippen LogP contribution in [0, 0.1) is 0 Å². The van der Waals surface area contributed by atoms with Crippen LogP contribution in [0.25, 0.3) is 122 Å². The summed E-state index contributed by atoms with van der Waals surface area (Å²) in [6.45, 7) is -0.321. The number of para-hydroxylation sites is 6. The average Bonchev–Trinajstić information content (AvgIpc) is 1.47. The molecule has 0 saturated heterocycles. The first-order valence-electron chi connectivity index (χ1n) is 32.0. The van der Waals surface area contributed by atoms with Crippen LogP contribution in [0.4, 0.5) is 34.1 Å². The second-order valence-corrected chi connectivity index (χ2v) is 25.1. The van der Waals surface area contributed by atoms with Crippen LogP contribution < -0.4 is 31.7 Å². The molecule has 6 heterocycles. The van der Waals surface area contributed by atoms with Gasteiger partial charge < -0.3 is 18.8 Å². The average molecular weight is 1170 g/mol. The lowest BCUT2D eigenvalue weighted by Crippen LogP contribution is -2.56. The molecule has 92 heavy (non-hydrogen) atoms. The monoisotopic (exact) mass is 1160 g/mol. The van der Waals surface area contributed by atoms with E-state index < -0.39 is 0 Å². The maximum atomic E-state index is 2.78. The van der Waals surface area contributed by atoms with Crippen LogP contribution in [0.5, 0.6) is 0 Å². The zero-order valence-electron chi connectivity index (χ0n) is 50.1. The first-order chi connectivity index (χ1) is 45.7. The summed E-state index contributed by atoms with van der Waals surface area (Å²) in [6.07, 6.45) is 0. The second-order valence-electron chi connectivity index (χ2n) is 25.1. The van der Waals surface area contributed by atoms with Crippen molar-refractivity contribution in [3.05, 3.63) is 328 Å². The zero-order valence-corrected chi connectivity index (χ0v) is 50.1. The molecule has 20 rings (SSSR count). The lowest BCUT2D eigenvalue weighted by Gasteiger charge is -2.41. The Morgan fingerprint density at radius 3 is 0.837 bits per heavy atom. The fourth-order valence-electron chi connectivity index (χ4n) is 16.3. The van der Waals surface area contributed by atoms with E-state index in [1.807, 2.05) is 0 Å². The van der Waals surface area contributed by atoms with Crippen molar-refractivity contribution in [1.29, 1.82) is 0 Å². The van der Waals surface area contributed by atoms with E-state index in [4.69, 9.17) is 0 Å². The summed E-state index contributed by atoms with van der Waals surface area (Å²) in [4.78, 5) is 5.08. The molecule has 0 bridgehead atoms. The quantitative estimate of drug-likeness (QED) is 0.141. The van der Waals surface area contributed by atoms with Crippen LogP contribution in [0.3, 0.4) is 0 Å². The fraction of sp³-hybridized carbons (Fsp3) is 0. The van der Waals surface area contributed by atoms with Crippen molar-refractivity contribution in [1.82, 2.24) is 8.96 Å². The minimum absolute atomic E-state index is 0.161. The number of fused-ring (bicyclic) bond motifs is 13. The molecule has 0 amide bonds. The van der Waals surface area contributed by atoms with E-state index in [1.54, 1.807) is 0 Å². The molecule has 4 aliphatic heterocycles. The molecule has 0 saturated carbocycles. The van der Waals surface area contributed by atoms with Gasteiger partial charge in [-0.1, -0.05) is 231 Å². The highest BCUT2D eigenvalue weighted by molar-refractivity contribution is 6.92. The van der Waals surface area contributed by atoms with E-state index in [0.717, 1.165) is 11.4 Å². The van der Waals surface area contributed by atoms with Gasteiger partial charge in [0.25, 0.3) is 0 Å². The van der Waals surface area contributed by atoms with Gasteiger partial charge in [-0.05, 0) is 197 Å². The number of aromatic nitrogens is 2. The number of rotatable bonds is 8. The SMILES string of the molecule is c1ccc(-c2cc(-c3ccccc3)cc(-c3cc4c5c(c3)N(c3ccccc3)c3ccccc3B5n3c5c-4cccc5c4c3c3cccc5c3n4B3c4ccccc4N(c4ccccc4)c4cc(-c6cc(-c7ccccc7)cc(-c7ccccc7)c6)cc-5c43)c2)cc1. The van der Waals surface area contributed by atoms with E-state index in [2.05, 4.69) is 346 Å². The van der Waals surface area contributed by atoms with Crippen molar-refractivity contribution in [2.24, 2.45) is 0 Å². The zero-order chi connectivity index (χ0) is 60.1. The van der Waals surface area contributed by atoms with Crippen LogP contribution in [-0.2, 0) is 0 Å². The topological polar surface area (TPSA) is 16.3 Å². The van der Waals surface area contributed by atoms with Gasteiger partial charge in [-0.2, -0.15) is 0 Å². The first kappa shape index (κ1) is 51.1. The van der Waals surface area contributed by atoms with Crippen LogP contribution in [0.2, 0.25) is 0 Å². The Bertz CT molecular complexity index is 5240. The Morgan fingerprint density at radius 2 is 0.489 bits per heavy atom. The normalized spacial score (nSPS) is 12.9. The third-order valence-electron chi connectivity index (χ3n) is 20.1. The largest absolute Gasteiger partial charge is 0.374 e. The molecule has 0 aliphatic carbocycles. The Hall–Kier alpha value is -11.9. The van der Waals surface area contributed by atoms with Crippen molar-refractivity contribution in [3.8, 4) is 89.0 Å². The van der Waals surface area contributed by atoms with Gasteiger partial charge in [-0.25, -0.2) is 0 Å². The van der Waals surface area contributed by atoms with Gasteiger partial charge in [0.1, 0.15) is 0 Å². The molecule has 0 N–H and O–H groups in total. The maximum Gasteiger partial charge on any atom is 0.333 e. The Balaban J connectivity index is 0.884. The molecule has 0 spiro atoms. The molecule has 4 nitrogen and oxygen atoms in total. The molecule has 6 heteroatoms. The second kappa shape index (κ2) is 19.8. The van der Waals surface area contributed by atoms with Gasteiger partial charge in [-0.3, -0.25) is 0 Å². The minimum atomic E-state index is -0.161. The first-order valence-corrected chi connectivity index (χ1v) is 32.0. The van der Waals surface area contributed by atoms with E-state index >= 15 is 0 Å². The van der Waals surface area contributed by atoms with Gasteiger partial charge in [0.2, 0.25) is 0 Å². The number of hydrogen-bond donors (Lipinski definition) is 0. The molecule has 424 valence electrons. The van der Waals surface area contributed by atoms with Crippen LogP contribution in [0.15, 0.2) is 328 Å². The molecule has 4 aliphatic rings. The summed E-state index contributed by atoms with van der Waals surface area (Å²) >= 11 is 0. The van der Waals surface area contributed by atoms with E-state index in [0.29, 0.717) is 0 Å². The smallest absolute Gasteiger partial charge is 0.333 e. The van der Waals surface area contributed by atoms with Crippen molar-refractivity contribution < 1.29 is 0 Å². The predicted molar refractivity (Wildman–Crippen MR) is 389 cm³/mol. The molecule has 14 aromatic carbocycles. The van der Waals surface area contributed by atoms with Crippen molar-refractivity contribution in [3.63, 3.8) is 0 Å². The molecular formula is C86H54B2N4. The number of benzene rings is 14. The van der Waals surface area contributed by atoms with E-state index in [1.165, 1.54) is 166 Å². The summed E-state index contributed by atoms with van der Waals surface area (Å²) in [5.41, 5.74) is 36.5. The molecule has 0 atom stereocenters. The number of nitrogens with zero attached hydrogens (tertiary/aromatic N) is 4. The van der Waals surface area contributed by atoms with Gasteiger partial charge >= 0.3 is 13.7 Å². The maximum absolute atomic E-state index is 2.78. The van der Waals surface area contributed by atoms with Crippen LogP contribution in [0.1, 0.15) is 0 Å². The van der Waals surface area contributed by atoms with Crippen molar-refractivity contribution in [2.45, 2.75) is 0 Å². The van der Waals surface area contributed by atoms with Gasteiger partial charge in [0, 0.05) is 67.1 Å². The highest BCUT2D eigenvalue weighted by Gasteiger charge is 2.48. The molecule has 0 unspecified atom stereocenters. The molecule has 16 aromatic rings. The summed E-state index contributed by atoms with van der Waals surface area (Å²) in [6, 6.07) is 123. The highest BCUT2D eigenvalue weighted by atomic mass is 15.2. The summed E-state index contributed by atoms with van der Waals surface area (Å²) in [5.74, 6) is 0. The molecule has 2 aromatic heterocycles. The summed E-state index contributed by atoms with van der Waals surface area (Å²) in [5, 5.41) is 2.52. The Kier molecular flexibility index (Phi) is 11.0. The Labute approximate surface area is 534 Å². The van der Waals surface area contributed by atoms with Gasteiger partial charge in [0.15, 0.2) is 0 Å². The minimum Gasteiger partial charge on any atom is -0.374 e. The number of hydrogen-bond acceptors (Lipinski definition) is 2. The van der Waals surface area contributed by atoms with Gasteiger partial charge in [0.05, 0.1) is 11.0 Å². The molecular weight excluding hydrogens is 1110 g/mol. The standard InChI is InChI=1S/C86H54B2N4/c1-7-25-55(26-8-1)59-45-60(56-27-9-2-10-28-56)48-63(47-59)65-51-73-69-37-23-39-71-83(69)91(87-75-41-19-21-43-77(75)89(79(53-65)81(73)87)67-33-15-5-16-34-67)86-72-40-24-38-70-74-52-66(64-49-61(57-29-11-3-12-30-57)46-62(50-64)58-31-13-4-14-32-58)54-80-82(74)88(92(84(70)72)85(71)86)76-42-20-22-44-78(76)90(80)68-35-17-6-18-36-68/h1-54H. The van der Waals surface area contributed by atoms with E-state index in [-0.39, 0.29) is 13.7 Å². The van der Waals surface area contributed by atoms with Crippen molar-refractivity contribution in [2.75, 3.05) is 9.80 Å². The molecule has 0 radical (unpaired) electrons. The predicted octanol–water partition coefficient (Wildman–Crippen LogP) is 19.6. The van der Waals surface area contributed by atoms with Crippen molar-refractivity contribution >= 4 is 103 Å². The Morgan fingerprint density at radius 1 is 0.196 bits per heavy atom. The summed E-state index contributed by atoms with van der Waals surface area (Å²) in [7, 11) is 0. The lowest BCUT2D eigenvalue weighted by molar-refractivity contribution is 1.25. The third kappa shape index (κ3) is 7.43. The fourth-order valence-corrected chi connectivity index (χ4v) is 16.3. The van der Waals surface area contributed by atoms with E-state index in [9.17, 15) is 0 Å². The highest BCUT2D eigenvalue weighted by Crippen LogP contribution is 2.53. The molecule has 0 fully saturated rings. The van der Waals surface area contributed by atoms with Crippen LogP contribution in [-0.4, -0.2) is 22.7 Å². The van der Waals surface area contributed by atoms with Gasteiger partial charge in [-0.15, -0.1) is 0 Å². The lowest BCUT2D eigenvalue weighted by atomic mass is 9.45.